The number of carbonyl (C=O) groups is 1. The van der Waals surface area contributed by atoms with Crippen LogP contribution in [-0.2, 0) is 24.7 Å². The van der Waals surface area contributed by atoms with Gasteiger partial charge in [0.15, 0.2) is 11.5 Å². The smallest absolute Gasteiger partial charge is 0.306 e. The van der Waals surface area contributed by atoms with Crippen LogP contribution < -0.4 is 14.2 Å². The highest BCUT2D eigenvalue weighted by Crippen LogP contribution is 2.30. The Kier molecular flexibility index (Phi) is 7.71. The van der Waals surface area contributed by atoms with Crippen molar-refractivity contribution in [3.8, 4) is 17.6 Å². The first-order valence-electron chi connectivity index (χ1n) is 8.65. The number of nitriles is 1. The van der Waals surface area contributed by atoms with Crippen molar-refractivity contribution in [3.05, 3.63) is 29.3 Å². The number of rotatable bonds is 9. The Balaban J connectivity index is 2.29. The molecule has 0 aliphatic carbocycles. The predicted molar refractivity (Wildman–Crippen MR) is 113 cm³/mol. The molecule has 0 bridgehead atoms. The maximum absolute atomic E-state index is 12.4. The van der Waals surface area contributed by atoms with Gasteiger partial charge in [-0.05, 0) is 30.7 Å². The van der Waals surface area contributed by atoms with E-state index in [9.17, 15) is 26.9 Å². The highest BCUT2D eigenvalue weighted by molar-refractivity contribution is 7.91. The van der Waals surface area contributed by atoms with Gasteiger partial charge in [0.05, 0.1) is 18.6 Å². The van der Waals surface area contributed by atoms with Crippen molar-refractivity contribution < 1.29 is 30.6 Å². The molecule has 0 saturated carbocycles. The van der Waals surface area contributed by atoms with Crippen LogP contribution in [-0.4, -0.2) is 50.7 Å². The maximum atomic E-state index is 12.4. The van der Waals surface area contributed by atoms with Gasteiger partial charge >= 0.3 is 10.1 Å². The zero-order valence-corrected chi connectivity index (χ0v) is 19.1. The summed E-state index contributed by atoms with van der Waals surface area (Å²) in [5.74, 6) is -0.948. The lowest BCUT2D eigenvalue weighted by molar-refractivity contribution is -0.112. The highest BCUT2D eigenvalue weighted by atomic mass is 32.2. The summed E-state index contributed by atoms with van der Waals surface area (Å²) in [6.07, 6.45) is 2.13. The Bertz CT molecular complexity index is 1260. The predicted octanol–water partition coefficient (Wildman–Crippen LogP) is 1.61. The fraction of sp³-hybridized carbons (Fsp3) is 0.294. The lowest BCUT2D eigenvalue weighted by Gasteiger charge is -2.11. The summed E-state index contributed by atoms with van der Waals surface area (Å²) in [4.78, 5) is 16.2. The molecule has 1 heterocycles. The van der Waals surface area contributed by atoms with Crippen molar-refractivity contribution in [2.24, 2.45) is 0 Å². The normalized spacial score (nSPS) is 12.1. The number of amides is 1. The number of nitrogens with one attached hydrogen (secondary N) is 1. The molecule has 0 unspecified atom stereocenters. The van der Waals surface area contributed by atoms with Gasteiger partial charge in [-0.25, -0.2) is 8.42 Å². The molecule has 11 nitrogen and oxygen atoms in total. The van der Waals surface area contributed by atoms with Gasteiger partial charge in [-0.15, -0.1) is 0 Å². The molecule has 1 aromatic heterocycles. The summed E-state index contributed by atoms with van der Waals surface area (Å²) in [5.41, 5.74) is 0.0526. The van der Waals surface area contributed by atoms with Crippen LogP contribution in [0, 0.1) is 11.3 Å². The Morgan fingerprint density at radius 2 is 1.97 bits per heavy atom. The Morgan fingerprint density at radius 3 is 2.55 bits per heavy atom. The Labute approximate surface area is 183 Å². The van der Waals surface area contributed by atoms with Gasteiger partial charge in [-0.2, -0.15) is 23.0 Å². The van der Waals surface area contributed by atoms with E-state index in [2.05, 4.69) is 14.7 Å². The molecule has 2 aromatic rings. The van der Waals surface area contributed by atoms with E-state index in [0.717, 1.165) is 6.26 Å². The van der Waals surface area contributed by atoms with E-state index in [0.29, 0.717) is 17.1 Å². The molecule has 0 atom stereocenters. The van der Waals surface area contributed by atoms with Gasteiger partial charge < -0.3 is 8.92 Å². The molecule has 1 aromatic carbocycles. The highest BCUT2D eigenvalue weighted by Gasteiger charge is 2.20. The molecule has 1 N–H and O–H groups in total. The first kappa shape index (κ1) is 24.3. The largest absolute Gasteiger partial charge is 0.490 e. The minimum atomic E-state index is -3.78. The van der Waals surface area contributed by atoms with Crippen molar-refractivity contribution >= 4 is 48.6 Å². The number of hydrogen-bond acceptors (Lipinski definition) is 11. The molecule has 0 fully saturated rings. The second-order valence-corrected chi connectivity index (χ2v) is 10.3. The zero-order valence-electron chi connectivity index (χ0n) is 16.6. The van der Waals surface area contributed by atoms with Crippen molar-refractivity contribution in [1.82, 2.24) is 9.36 Å². The molecular weight excluding hydrogens is 468 g/mol. The minimum Gasteiger partial charge on any atom is -0.490 e. The van der Waals surface area contributed by atoms with Crippen LogP contribution in [0.2, 0.25) is 0 Å². The van der Waals surface area contributed by atoms with Gasteiger partial charge in [-0.1, -0.05) is 13.0 Å². The van der Waals surface area contributed by atoms with E-state index < -0.39 is 31.0 Å². The monoisotopic (exact) mass is 486 g/mol. The van der Waals surface area contributed by atoms with E-state index in [1.807, 2.05) is 0 Å². The third-order valence-electron chi connectivity index (χ3n) is 3.47. The minimum absolute atomic E-state index is 0.0389. The molecule has 1 amide bonds. The SMILES string of the molecule is CCOc1cc(C=C(C#N)C(=O)Nc2nc(S(=O)(=O)CC)ns2)ccc1OS(C)(=O)=O. The van der Waals surface area contributed by atoms with Gasteiger partial charge in [-0.3, -0.25) is 10.1 Å². The molecule has 0 saturated heterocycles. The summed E-state index contributed by atoms with van der Waals surface area (Å²) >= 11 is 0.668. The molecule has 31 heavy (non-hydrogen) atoms. The number of anilines is 1. The van der Waals surface area contributed by atoms with Crippen LogP contribution in [0.1, 0.15) is 19.4 Å². The average Bonchev–Trinajstić information content (AvgIpc) is 3.16. The van der Waals surface area contributed by atoms with E-state index in [1.54, 1.807) is 13.0 Å². The van der Waals surface area contributed by atoms with Crippen LogP contribution in [0.5, 0.6) is 11.5 Å². The molecule has 0 spiro atoms. The number of carbonyl (C=O) groups excluding carboxylic acids is 1. The van der Waals surface area contributed by atoms with E-state index >= 15 is 0 Å². The average molecular weight is 487 g/mol. The first-order valence-corrected chi connectivity index (χ1v) is 12.9. The molecule has 14 heteroatoms. The lowest BCUT2D eigenvalue weighted by Crippen LogP contribution is -2.14. The summed E-state index contributed by atoms with van der Waals surface area (Å²) in [5, 5.41) is 11.2. The van der Waals surface area contributed by atoms with Crippen LogP contribution in [0.4, 0.5) is 5.13 Å². The van der Waals surface area contributed by atoms with Crippen LogP contribution >= 0.6 is 11.5 Å². The van der Waals surface area contributed by atoms with E-state index in [4.69, 9.17) is 8.92 Å². The fourth-order valence-corrected chi connectivity index (χ4v) is 4.16. The van der Waals surface area contributed by atoms with E-state index in [-0.39, 0.29) is 34.6 Å². The fourth-order valence-electron chi connectivity index (χ4n) is 2.11. The van der Waals surface area contributed by atoms with Gasteiger partial charge in [0.25, 0.3) is 11.1 Å². The molecule has 166 valence electrons. The summed E-state index contributed by atoms with van der Waals surface area (Å²) in [6, 6.07) is 5.92. The maximum Gasteiger partial charge on any atom is 0.306 e. The lowest BCUT2D eigenvalue weighted by atomic mass is 10.1. The van der Waals surface area contributed by atoms with Crippen molar-refractivity contribution in [1.29, 1.82) is 5.26 Å². The van der Waals surface area contributed by atoms with Gasteiger partial charge in [0.2, 0.25) is 15.0 Å². The molecule has 2 rings (SSSR count). The Hall–Kier alpha value is -3.02. The standard InChI is InChI=1S/C17H18N4O7S3/c1-4-27-14-9-11(6-7-13(14)28-30(3,23)24)8-12(10-18)15(22)19-16-20-17(21-29-16)31(25,26)5-2/h6-9H,4-5H2,1-3H3,(H,19,20,21,22). The zero-order chi connectivity index (χ0) is 23.2. The topological polar surface area (TPSA) is 165 Å². The third-order valence-corrected chi connectivity index (χ3v) is 6.20. The van der Waals surface area contributed by atoms with Crippen molar-refractivity contribution in [3.63, 3.8) is 0 Å². The second-order valence-electron chi connectivity index (χ2n) is 5.84. The number of benzene rings is 1. The van der Waals surface area contributed by atoms with Gasteiger partial charge in [0, 0.05) is 11.5 Å². The van der Waals surface area contributed by atoms with Crippen LogP contribution in [0.3, 0.4) is 0 Å². The molecular formula is C17H18N4O7S3. The van der Waals surface area contributed by atoms with Crippen LogP contribution in [0.25, 0.3) is 6.08 Å². The van der Waals surface area contributed by atoms with E-state index in [1.165, 1.54) is 31.2 Å². The first-order chi connectivity index (χ1) is 14.5. The second kappa shape index (κ2) is 9.86. The third kappa shape index (κ3) is 6.74. The molecule has 0 radical (unpaired) electrons. The number of nitrogens with zero attached hydrogens (tertiary/aromatic N) is 3. The Morgan fingerprint density at radius 1 is 1.26 bits per heavy atom. The number of sulfone groups is 1. The summed E-state index contributed by atoms with van der Waals surface area (Å²) in [7, 11) is -7.41. The van der Waals surface area contributed by atoms with Crippen molar-refractivity contribution in [2.75, 3.05) is 23.9 Å². The number of aromatic nitrogens is 2. The van der Waals surface area contributed by atoms with Gasteiger partial charge in [0.1, 0.15) is 11.6 Å². The number of ether oxygens (including phenoxy) is 1. The van der Waals surface area contributed by atoms with Crippen molar-refractivity contribution in [2.45, 2.75) is 19.0 Å². The summed E-state index contributed by atoms with van der Waals surface area (Å²) in [6.45, 7) is 3.35. The van der Waals surface area contributed by atoms with Crippen LogP contribution in [0.15, 0.2) is 28.9 Å². The summed E-state index contributed by atoms with van der Waals surface area (Å²) < 4.78 is 60.2. The molecule has 0 aliphatic rings. The quantitative estimate of drug-likeness (QED) is 0.312. The number of hydrogen-bond donors (Lipinski definition) is 1. The molecule has 0 aliphatic heterocycles.